The zero-order valence-corrected chi connectivity index (χ0v) is 15.6. The summed E-state index contributed by atoms with van der Waals surface area (Å²) < 4.78 is 27.7. The van der Waals surface area contributed by atoms with Crippen LogP contribution in [0, 0.1) is 0 Å². The average Bonchev–Trinajstić information content (AvgIpc) is 2.89. The van der Waals surface area contributed by atoms with E-state index in [1.807, 2.05) is 6.92 Å². The van der Waals surface area contributed by atoms with E-state index in [-0.39, 0.29) is 23.4 Å². The molecule has 132 valence electrons. The number of fused-ring (bicyclic) bond motifs is 1. The van der Waals surface area contributed by atoms with Crippen molar-refractivity contribution in [3.63, 3.8) is 0 Å². The van der Waals surface area contributed by atoms with Crippen LogP contribution in [0.2, 0.25) is 5.02 Å². The Kier molecular flexibility index (Phi) is 4.86. The summed E-state index contributed by atoms with van der Waals surface area (Å²) in [6.07, 6.45) is 0.648. The molecule has 7 heteroatoms. The quantitative estimate of drug-likeness (QED) is 0.888. The molecule has 0 radical (unpaired) electrons. The fourth-order valence-electron chi connectivity index (χ4n) is 3.12. The number of hydrogen-bond donors (Lipinski definition) is 1. The van der Waals surface area contributed by atoms with Gasteiger partial charge in [0.1, 0.15) is 0 Å². The van der Waals surface area contributed by atoms with Gasteiger partial charge in [-0.05, 0) is 54.8 Å². The smallest absolute Gasteiger partial charge is 0.240 e. The first-order chi connectivity index (χ1) is 11.8. The summed E-state index contributed by atoms with van der Waals surface area (Å²) in [5.41, 5.74) is 2.49. The molecule has 0 saturated heterocycles. The lowest BCUT2D eigenvalue weighted by molar-refractivity contribution is -0.116. The molecular formula is C18H19ClN2O3S. The number of benzene rings is 2. The number of nitrogens with one attached hydrogen (secondary N) is 1. The Morgan fingerprint density at radius 1 is 1.24 bits per heavy atom. The molecule has 5 nitrogen and oxygen atoms in total. The highest BCUT2D eigenvalue weighted by Gasteiger charge is 2.30. The van der Waals surface area contributed by atoms with E-state index in [1.54, 1.807) is 41.3 Å². The Morgan fingerprint density at radius 2 is 1.92 bits per heavy atom. The van der Waals surface area contributed by atoms with Gasteiger partial charge in [0.2, 0.25) is 15.9 Å². The molecule has 1 unspecified atom stereocenters. The van der Waals surface area contributed by atoms with Crippen LogP contribution in [0.15, 0.2) is 47.4 Å². The van der Waals surface area contributed by atoms with Gasteiger partial charge in [-0.25, -0.2) is 13.1 Å². The SMILES string of the molecule is CC(=O)N1c2ccc(S(=O)(=O)NCc3ccc(Cl)cc3)cc2CC1C. The topological polar surface area (TPSA) is 66.5 Å². The number of carbonyl (C=O) groups is 1. The highest BCUT2D eigenvalue weighted by Crippen LogP contribution is 2.33. The number of anilines is 1. The van der Waals surface area contributed by atoms with Crippen molar-refractivity contribution in [2.24, 2.45) is 0 Å². The lowest BCUT2D eigenvalue weighted by atomic mass is 10.1. The molecule has 1 atom stereocenters. The summed E-state index contributed by atoms with van der Waals surface area (Å²) in [4.78, 5) is 13.7. The van der Waals surface area contributed by atoms with Crippen molar-refractivity contribution < 1.29 is 13.2 Å². The minimum Gasteiger partial charge on any atom is -0.309 e. The molecule has 25 heavy (non-hydrogen) atoms. The molecule has 0 fully saturated rings. The summed E-state index contributed by atoms with van der Waals surface area (Å²) in [5, 5.41) is 0.606. The van der Waals surface area contributed by atoms with Crippen molar-refractivity contribution in [3.8, 4) is 0 Å². The Bertz CT molecular complexity index is 910. The standard InChI is InChI=1S/C18H19ClN2O3S/c1-12-9-15-10-17(7-8-18(15)21(12)13(2)22)25(23,24)20-11-14-3-5-16(19)6-4-14/h3-8,10,12,20H,9,11H2,1-2H3. The Balaban J connectivity index is 1.81. The Hall–Kier alpha value is -1.89. The molecule has 3 rings (SSSR count). The first-order valence-electron chi connectivity index (χ1n) is 7.95. The second-order valence-corrected chi connectivity index (χ2v) is 8.39. The van der Waals surface area contributed by atoms with Crippen LogP contribution in [0.25, 0.3) is 0 Å². The van der Waals surface area contributed by atoms with Gasteiger partial charge in [-0.3, -0.25) is 4.79 Å². The predicted molar refractivity (Wildman–Crippen MR) is 98.2 cm³/mol. The Morgan fingerprint density at radius 3 is 2.56 bits per heavy atom. The highest BCUT2D eigenvalue weighted by molar-refractivity contribution is 7.89. The molecule has 1 aliphatic rings. The maximum atomic E-state index is 12.6. The molecule has 1 aliphatic heterocycles. The largest absolute Gasteiger partial charge is 0.309 e. The Labute approximate surface area is 152 Å². The summed E-state index contributed by atoms with van der Waals surface area (Å²) in [6, 6.07) is 11.9. The van der Waals surface area contributed by atoms with Crippen molar-refractivity contribution in [3.05, 3.63) is 58.6 Å². The van der Waals surface area contributed by atoms with Crippen LogP contribution in [0.4, 0.5) is 5.69 Å². The van der Waals surface area contributed by atoms with Crippen molar-refractivity contribution >= 4 is 33.2 Å². The van der Waals surface area contributed by atoms with Crippen molar-refractivity contribution in [2.45, 2.75) is 37.8 Å². The van der Waals surface area contributed by atoms with Crippen LogP contribution >= 0.6 is 11.6 Å². The number of sulfonamides is 1. The van der Waals surface area contributed by atoms with Crippen LogP contribution in [-0.4, -0.2) is 20.4 Å². The van der Waals surface area contributed by atoms with Crippen LogP contribution in [-0.2, 0) is 27.8 Å². The predicted octanol–water partition coefficient (Wildman–Crippen LogP) is 3.12. The third-order valence-corrected chi connectivity index (χ3v) is 5.95. The first kappa shape index (κ1) is 17.9. The number of hydrogen-bond acceptors (Lipinski definition) is 3. The van der Waals surface area contributed by atoms with Gasteiger partial charge in [-0.15, -0.1) is 0 Å². The average molecular weight is 379 g/mol. The lowest BCUT2D eigenvalue weighted by Gasteiger charge is -2.20. The number of halogens is 1. The van der Waals surface area contributed by atoms with Gasteiger partial charge in [-0.2, -0.15) is 0 Å². The summed E-state index contributed by atoms with van der Waals surface area (Å²) in [7, 11) is -3.63. The van der Waals surface area contributed by atoms with E-state index in [9.17, 15) is 13.2 Å². The number of amides is 1. The minimum atomic E-state index is -3.63. The molecule has 0 spiro atoms. The summed E-state index contributed by atoms with van der Waals surface area (Å²) in [6.45, 7) is 3.66. The van der Waals surface area contributed by atoms with E-state index in [0.29, 0.717) is 11.4 Å². The molecule has 0 aromatic heterocycles. The second-order valence-electron chi connectivity index (χ2n) is 6.18. The van der Waals surface area contributed by atoms with Gasteiger partial charge < -0.3 is 4.90 Å². The van der Waals surface area contributed by atoms with E-state index in [2.05, 4.69) is 4.72 Å². The minimum absolute atomic E-state index is 0.0347. The molecule has 0 bridgehead atoms. The molecule has 1 heterocycles. The van der Waals surface area contributed by atoms with Gasteiger partial charge in [0.05, 0.1) is 4.90 Å². The van der Waals surface area contributed by atoms with E-state index in [4.69, 9.17) is 11.6 Å². The van der Waals surface area contributed by atoms with E-state index in [1.165, 1.54) is 13.0 Å². The normalized spacial score (nSPS) is 16.8. The maximum Gasteiger partial charge on any atom is 0.240 e. The molecule has 2 aromatic carbocycles. The fourth-order valence-corrected chi connectivity index (χ4v) is 4.31. The number of carbonyl (C=O) groups excluding carboxylic acids is 1. The lowest BCUT2D eigenvalue weighted by Crippen LogP contribution is -2.33. The number of rotatable bonds is 4. The zero-order chi connectivity index (χ0) is 18.2. The molecule has 1 amide bonds. The van der Waals surface area contributed by atoms with Crippen molar-refractivity contribution in [1.82, 2.24) is 4.72 Å². The zero-order valence-electron chi connectivity index (χ0n) is 14.0. The summed E-state index contributed by atoms with van der Waals surface area (Å²) in [5.74, 6) is -0.0391. The van der Waals surface area contributed by atoms with Crippen LogP contribution in [0.3, 0.4) is 0 Å². The first-order valence-corrected chi connectivity index (χ1v) is 9.81. The molecule has 2 aromatic rings. The van der Waals surface area contributed by atoms with E-state index in [0.717, 1.165) is 16.8 Å². The van der Waals surface area contributed by atoms with Gasteiger partial charge >= 0.3 is 0 Å². The summed E-state index contributed by atoms with van der Waals surface area (Å²) >= 11 is 5.83. The maximum absolute atomic E-state index is 12.6. The molecule has 0 saturated carbocycles. The third kappa shape index (κ3) is 3.71. The van der Waals surface area contributed by atoms with E-state index >= 15 is 0 Å². The second kappa shape index (κ2) is 6.78. The van der Waals surface area contributed by atoms with Gasteiger partial charge in [0, 0.05) is 30.2 Å². The number of nitrogens with zero attached hydrogens (tertiary/aromatic N) is 1. The van der Waals surface area contributed by atoms with E-state index < -0.39 is 10.0 Å². The van der Waals surface area contributed by atoms with Crippen LogP contribution in [0.1, 0.15) is 25.0 Å². The van der Waals surface area contributed by atoms with Gasteiger partial charge in [-0.1, -0.05) is 23.7 Å². The van der Waals surface area contributed by atoms with Gasteiger partial charge in [0.15, 0.2) is 0 Å². The molecule has 0 aliphatic carbocycles. The third-order valence-electron chi connectivity index (χ3n) is 4.30. The van der Waals surface area contributed by atoms with Crippen LogP contribution < -0.4 is 9.62 Å². The highest BCUT2D eigenvalue weighted by atomic mass is 35.5. The van der Waals surface area contributed by atoms with Crippen molar-refractivity contribution in [2.75, 3.05) is 4.90 Å². The molecule has 1 N–H and O–H groups in total. The van der Waals surface area contributed by atoms with Gasteiger partial charge in [0.25, 0.3) is 0 Å². The fraction of sp³-hybridized carbons (Fsp3) is 0.278. The molecular weight excluding hydrogens is 360 g/mol. The van der Waals surface area contributed by atoms with Crippen LogP contribution in [0.5, 0.6) is 0 Å². The van der Waals surface area contributed by atoms with Crippen molar-refractivity contribution in [1.29, 1.82) is 0 Å². The monoisotopic (exact) mass is 378 g/mol.